The molecule has 0 radical (unpaired) electrons. The van der Waals surface area contributed by atoms with Crippen LogP contribution < -0.4 is 5.73 Å². The van der Waals surface area contributed by atoms with Crippen LogP contribution in [0.4, 0.5) is 0 Å². The molecule has 0 aromatic heterocycles. The van der Waals surface area contributed by atoms with Crippen LogP contribution in [0.15, 0.2) is 0 Å². The van der Waals surface area contributed by atoms with Crippen molar-refractivity contribution in [1.82, 2.24) is 0 Å². The Bertz CT molecular complexity index is 122. The zero-order chi connectivity index (χ0) is 6.43. The van der Waals surface area contributed by atoms with Crippen LogP contribution in [-0.4, -0.2) is 6.04 Å². The summed E-state index contributed by atoms with van der Waals surface area (Å²) in [6, 6.07) is 0.593. The molecule has 1 nitrogen and oxygen atoms in total. The number of rotatable bonds is 0. The lowest BCUT2D eigenvalue weighted by atomic mass is 9.91. The number of nitrogens with two attached hydrogens (primary N) is 1. The van der Waals surface area contributed by atoms with E-state index in [1.807, 2.05) is 0 Å². The molecule has 2 N–H and O–H groups in total. The molecule has 2 fully saturated rings. The van der Waals surface area contributed by atoms with Crippen molar-refractivity contribution in [2.45, 2.75) is 32.2 Å². The van der Waals surface area contributed by atoms with Gasteiger partial charge in [-0.2, -0.15) is 0 Å². The van der Waals surface area contributed by atoms with Gasteiger partial charge in [0, 0.05) is 6.04 Å². The highest BCUT2D eigenvalue weighted by molar-refractivity contribution is 5.03. The molecule has 2 rings (SSSR count). The van der Waals surface area contributed by atoms with E-state index in [0.29, 0.717) is 6.04 Å². The average molecular weight is 125 g/mol. The molecule has 0 aromatic carbocycles. The molecule has 0 heterocycles. The summed E-state index contributed by atoms with van der Waals surface area (Å²) in [5, 5.41) is 0. The molecule has 1 heteroatoms. The smallest absolute Gasteiger partial charge is 0.0102 e. The third-order valence-corrected chi connectivity index (χ3v) is 3.07. The Balaban J connectivity index is 1.96. The first-order valence-corrected chi connectivity index (χ1v) is 4.04. The molecule has 0 saturated heterocycles. The van der Waals surface area contributed by atoms with Crippen LogP contribution in [0.25, 0.3) is 0 Å². The third-order valence-electron chi connectivity index (χ3n) is 3.07. The Kier molecular flexibility index (Phi) is 1.10. The molecule has 2 aliphatic rings. The van der Waals surface area contributed by atoms with Crippen LogP contribution in [0.1, 0.15) is 26.2 Å². The first-order valence-electron chi connectivity index (χ1n) is 4.04. The summed E-state index contributed by atoms with van der Waals surface area (Å²) in [6.45, 7) is 2.35. The molecule has 0 aromatic rings. The van der Waals surface area contributed by atoms with Crippen molar-refractivity contribution in [3.05, 3.63) is 0 Å². The maximum atomic E-state index is 5.83. The summed E-state index contributed by atoms with van der Waals surface area (Å²) in [5.74, 6) is 2.81. The topological polar surface area (TPSA) is 26.0 Å². The third kappa shape index (κ3) is 0.787. The summed E-state index contributed by atoms with van der Waals surface area (Å²) in [7, 11) is 0. The van der Waals surface area contributed by atoms with Gasteiger partial charge in [0.1, 0.15) is 0 Å². The molecule has 2 saturated carbocycles. The monoisotopic (exact) mass is 125 g/mol. The van der Waals surface area contributed by atoms with Gasteiger partial charge < -0.3 is 5.73 Å². The number of fused-ring (bicyclic) bond motifs is 1. The van der Waals surface area contributed by atoms with Gasteiger partial charge in [0.25, 0.3) is 0 Å². The van der Waals surface area contributed by atoms with Crippen molar-refractivity contribution < 1.29 is 0 Å². The lowest BCUT2D eigenvalue weighted by Gasteiger charge is -2.14. The van der Waals surface area contributed by atoms with Crippen molar-refractivity contribution in [2.75, 3.05) is 0 Å². The molecule has 4 atom stereocenters. The second-order valence-corrected chi connectivity index (χ2v) is 3.82. The molecule has 0 spiro atoms. The van der Waals surface area contributed by atoms with Gasteiger partial charge in [-0.25, -0.2) is 0 Å². The van der Waals surface area contributed by atoms with E-state index >= 15 is 0 Å². The van der Waals surface area contributed by atoms with E-state index in [0.717, 1.165) is 17.8 Å². The van der Waals surface area contributed by atoms with E-state index in [1.165, 1.54) is 19.3 Å². The van der Waals surface area contributed by atoms with Crippen LogP contribution in [0.3, 0.4) is 0 Å². The van der Waals surface area contributed by atoms with E-state index in [4.69, 9.17) is 5.73 Å². The van der Waals surface area contributed by atoms with Gasteiger partial charge in [0.2, 0.25) is 0 Å². The fourth-order valence-electron chi connectivity index (χ4n) is 2.27. The Morgan fingerprint density at radius 2 is 2.00 bits per heavy atom. The molecule has 9 heavy (non-hydrogen) atoms. The molecule has 0 bridgehead atoms. The standard InChI is InChI=1S/C8H15N/c1-5-2-3-6-7(4-5)8(6)9/h5-8H,2-4,9H2,1H3/t5?,6-,7+,8?/m0/s1. The van der Waals surface area contributed by atoms with Gasteiger partial charge in [-0.15, -0.1) is 0 Å². The highest BCUT2D eigenvalue weighted by Crippen LogP contribution is 2.49. The molecular formula is C8H15N. The van der Waals surface area contributed by atoms with Crippen molar-refractivity contribution in [3.63, 3.8) is 0 Å². The number of hydrogen-bond acceptors (Lipinski definition) is 1. The Hall–Kier alpha value is -0.0400. The Labute approximate surface area is 56.6 Å². The van der Waals surface area contributed by atoms with E-state index < -0.39 is 0 Å². The minimum atomic E-state index is 0.593. The average Bonchev–Trinajstić information content (AvgIpc) is 2.43. The zero-order valence-electron chi connectivity index (χ0n) is 6.01. The fraction of sp³-hybridized carbons (Fsp3) is 1.00. The minimum absolute atomic E-state index is 0.593. The SMILES string of the molecule is CC1CC[C@@H]2C(N)[C@@H]2C1. The fourth-order valence-corrected chi connectivity index (χ4v) is 2.27. The van der Waals surface area contributed by atoms with Gasteiger partial charge in [0.15, 0.2) is 0 Å². The summed E-state index contributed by atoms with van der Waals surface area (Å²) in [4.78, 5) is 0. The largest absolute Gasteiger partial charge is 0.327 e. The Morgan fingerprint density at radius 1 is 1.22 bits per heavy atom. The van der Waals surface area contributed by atoms with Crippen molar-refractivity contribution in [3.8, 4) is 0 Å². The molecule has 0 aliphatic heterocycles. The lowest BCUT2D eigenvalue weighted by molar-refractivity contribution is 0.368. The van der Waals surface area contributed by atoms with Gasteiger partial charge in [-0.05, 0) is 30.6 Å². The van der Waals surface area contributed by atoms with Gasteiger partial charge in [-0.1, -0.05) is 13.3 Å². The second-order valence-electron chi connectivity index (χ2n) is 3.82. The van der Waals surface area contributed by atoms with E-state index in [-0.39, 0.29) is 0 Å². The van der Waals surface area contributed by atoms with Crippen LogP contribution in [0.5, 0.6) is 0 Å². The first kappa shape index (κ1) is 5.72. The maximum Gasteiger partial charge on any atom is 0.0102 e. The molecular weight excluding hydrogens is 110 g/mol. The van der Waals surface area contributed by atoms with Crippen LogP contribution in [0.2, 0.25) is 0 Å². The van der Waals surface area contributed by atoms with Crippen LogP contribution in [0, 0.1) is 17.8 Å². The van der Waals surface area contributed by atoms with E-state index in [1.54, 1.807) is 0 Å². The first-order chi connectivity index (χ1) is 4.29. The number of hydrogen-bond donors (Lipinski definition) is 1. The summed E-state index contributed by atoms with van der Waals surface area (Å²) in [6.07, 6.45) is 4.24. The zero-order valence-corrected chi connectivity index (χ0v) is 6.01. The molecule has 52 valence electrons. The van der Waals surface area contributed by atoms with Crippen molar-refractivity contribution >= 4 is 0 Å². The minimum Gasteiger partial charge on any atom is -0.327 e. The lowest BCUT2D eigenvalue weighted by Crippen LogP contribution is -2.04. The van der Waals surface area contributed by atoms with E-state index in [2.05, 4.69) is 6.92 Å². The predicted molar refractivity (Wildman–Crippen MR) is 38.0 cm³/mol. The van der Waals surface area contributed by atoms with Gasteiger partial charge in [0.05, 0.1) is 0 Å². The molecule has 2 unspecified atom stereocenters. The maximum absolute atomic E-state index is 5.83. The molecule has 0 amide bonds. The van der Waals surface area contributed by atoms with Crippen molar-refractivity contribution in [2.24, 2.45) is 23.5 Å². The summed E-state index contributed by atoms with van der Waals surface area (Å²) in [5.41, 5.74) is 5.83. The normalized spacial score (nSPS) is 56.7. The highest BCUT2D eigenvalue weighted by Gasteiger charge is 2.49. The summed E-state index contributed by atoms with van der Waals surface area (Å²) < 4.78 is 0. The van der Waals surface area contributed by atoms with Crippen molar-refractivity contribution in [1.29, 1.82) is 0 Å². The van der Waals surface area contributed by atoms with Gasteiger partial charge in [-0.3, -0.25) is 0 Å². The second kappa shape index (κ2) is 1.72. The summed E-state index contributed by atoms with van der Waals surface area (Å²) >= 11 is 0. The van der Waals surface area contributed by atoms with Crippen LogP contribution in [-0.2, 0) is 0 Å². The molecule has 2 aliphatic carbocycles. The highest BCUT2D eigenvalue weighted by atomic mass is 14.8. The van der Waals surface area contributed by atoms with Gasteiger partial charge >= 0.3 is 0 Å². The van der Waals surface area contributed by atoms with E-state index in [9.17, 15) is 0 Å². The van der Waals surface area contributed by atoms with Crippen LogP contribution >= 0.6 is 0 Å². The Morgan fingerprint density at radius 3 is 2.56 bits per heavy atom. The predicted octanol–water partition coefficient (Wildman–Crippen LogP) is 1.38. The quantitative estimate of drug-likeness (QED) is 0.520.